The van der Waals surface area contributed by atoms with E-state index in [-0.39, 0.29) is 12.9 Å². The van der Waals surface area contributed by atoms with Crippen LogP contribution >= 0.6 is 0 Å². The van der Waals surface area contributed by atoms with Gasteiger partial charge in [0.25, 0.3) is 0 Å². The maximum atomic E-state index is 10.2. The van der Waals surface area contributed by atoms with Gasteiger partial charge < -0.3 is 24.1 Å². The predicted molar refractivity (Wildman–Crippen MR) is 78.8 cm³/mol. The van der Waals surface area contributed by atoms with E-state index in [0.29, 0.717) is 35.1 Å². The van der Waals surface area contributed by atoms with Gasteiger partial charge in [0.2, 0.25) is 12.7 Å². The molecule has 1 aromatic carbocycles. The highest BCUT2D eigenvalue weighted by atomic mass is 16.7. The summed E-state index contributed by atoms with van der Waals surface area (Å²) in [4.78, 5) is 4.58. The average Bonchev–Trinajstić information content (AvgIpc) is 3.10. The number of nitrogens with zero attached hydrogens (tertiary/aromatic N) is 1. The molecule has 3 heterocycles. The van der Waals surface area contributed by atoms with E-state index in [9.17, 15) is 5.11 Å². The van der Waals surface area contributed by atoms with Gasteiger partial charge in [-0.2, -0.15) is 0 Å². The lowest BCUT2D eigenvalue weighted by Crippen LogP contribution is -2.39. The van der Waals surface area contributed by atoms with Gasteiger partial charge >= 0.3 is 0 Å². The Labute approximate surface area is 127 Å². The Balaban J connectivity index is 1.93. The lowest BCUT2D eigenvalue weighted by Gasteiger charge is -2.24. The van der Waals surface area contributed by atoms with Gasteiger partial charge in [0.1, 0.15) is 17.4 Å². The number of ether oxygens (including phenoxy) is 4. The van der Waals surface area contributed by atoms with Gasteiger partial charge in [-0.15, -0.1) is 0 Å². The van der Waals surface area contributed by atoms with Gasteiger partial charge in [-0.3, -0.25) is 0 Å². The van der Waals surface area contributed by atoms with Crippen LogP contribution in [0.2, 0.25) is 0 Å². The van der Waals surface area contributed by atoms with Crippen LogP contribution in [0.3, 0.4) is 0 Å². The van der Waals surface area contributed by atoms with E-state index in [0.717, 1.165) is 10.9 Å². The first-order valence-electron chi connectivity index (χ1n) is 7.17. The number of aliphatic hydroxyl groups is 1. The summed E-state index contributed by atoms with van der Waals surface area (Å²) < 4.78 is 22.3. The van der Waals surface area contributed by atoms with Gasteiger partial charge in [-0.05, 0) is 26.0 Å². The van der Waals surface area contributed by atoms with Crippen LogP contribution in [0.25, 0.3) is 10.9 Å². The van der Waals surface area contributed by atoms with Gasteiger partial charge in [-0.1, -0.05) is 0 Å². The molecule has 0 saturated carbocycles. The molecule has 22 heavy (non-hydrogen) atoms. The first kappa shape index (κ1) is 13.5. The zero-order valence-electron chi connectivity index (χ0n) is 12.7. The fraction of sp³-hybridized carbons (Fsp3) is 0.438. The SMILES string of the molecule is COc1c2c(nc3c4c(ccc13)OCO4)OC(C(C)(C)O)C2. The fourth-order valence-corrected chi connectivity index (χ4v) is 2.95. The van der Waals surface area contributed by atoms with Crippen LogP contribution in [0.15, 0.2) is 12.1 Å². The molecule has 0 aliphatic carbocycles. The molecule has 1 atom stereocenters. The first-order valence-corrected chi connectivity index (χ1v) is 7.17. The Bertz CT molecular complexity index is 765. The summed E-state index contributed by atoms with van der Waals surface area (Å²) >= 11 is 0. The Morgan fingerprint density at radius 3 is 2.86 bits per heavy atom. The van der Waals surface area contributed by atoms with Crippen LogP contribution in [0.4, 0.5) is 0 Å². The third-order valence-electron chi connectivity index (χ3n) is 4.14. The van der Waals surface area contributed by atoms with E-state index < -0.39 is 5.60 Å². The number of hydrogen-bond donors (Lipinski definition) is 1. The van der Waals surface area contributed by atoms with Crippen molar-refractivity contribution < 1.29 is 24.1 Å². The molecule has 1 aromatic heterocycles. The molecule has 0 amide bonds. The predicted octanol–water partition coefficient (Wildman–Crippen LogP) is 2.05. The van der Waals surface area contributed by atoms with Crippen molar-refractivity contribution in [3.8, 4) is 23.1 Å². The monoisotopic (exact) mass is 303 g/mol. The van der Waals surface area contributed by atoms with E-state index in [1.165, 1.54) is 0 Å². The van der Waals surface area contributed by atoms with E-state index >= 15 is 0 Å². The van der Waals surface area contributed by atoms with E-state index in [1.807, 2.05) is 12.1 Å². The molecule has 6 heteroatoms. The summed E-state index contributed by atoms with van der Waals surface area (Å²) in [5.41, 5.74) is 0.572. The quantitative estimate of drug-likeness (QED) is 0.915. The third-order valence-corrected chi connectivity index (χ3v) is 4.14. The van der Waals surface area contributed by atoms with E-state index in [1.54, 1.807) is 21.0 Å². The summed E-state index contributed by atoms with van der Waals surface area (Å²) in [5.74, 6) is 2.47. The lowest BCUT2D eigenvalue weighted by molar-refractivity contribution is -0.0243. The second-order valence-corrected chi connectivity index (χ2v) is 6.09. The topological polar surface area (TPSA) is 70.0 Å². The van der Waals surface area contributed by atoms with Crippen molar-refractivity contribution in [1.29, 1.82) is 0 Å². The zero-order valence-corrected chi connectivity index (χ0v) is 12.7. The molecule has 0 fully saturated rings. The Hall–Kier alpha value is -2.21. The number of methoxy groups -OCH3 is 1. The molecule has 116 valence electrons. The molecule has 4 rings (SSSR count). The Morgan fingerprint density at radius 2 is 2.14 bits per heavy atom. The smallest absolute Gasteiger partial charge is 0.231 e. The first-order chi connectivity index (χ1) is 10.5. The second kappa shape index (κ2) is 4.39. The number of aromatic nitrogens is 1. The molecular weight excluding hydrogens is 286 g/mol. The van der Waals surface area contributed by atoms with Gasteiger partial charge in [0.05, 0.1) is 18.3 Å². The fourth-order valence-electron chi connectivity index (χ4n) is 2.95. The van der Waals surface area contributed by atoms with Gasteiger partial charge in [0, 0.05) is 11.8 Å². The normalized spacial score (nSPS) is 19.2. The molecule has 0 spiro atoms. The van der Waals surface area contributed by atoms with Gasteiger partial charge in [0.15, 0.2) is 11.5 Å². The molecule has 0 saturated heterocycles. The summed E-state index contributed by atoms with van der Waals surface area (Å²) in [7, 11) is 1.62. The van der Waals surface area contributed by atoms with Crippen molar-refractivity contribution in [3.05, 3.63) is 17.7 Å². The van der Waals surface area contributed by atoms with Crippen molar-refractivity contribution >= 4 is 10.9 Å². The largest absolute Gasteiger partial charge is 0.496 e. The van der Waals surface area contributed by atoms with Crippen molar-refractivity contribution in [2.75, 3.05) is 13.9 Å². The van der Waals surface area contributed by atoms with Crippen LogP contribution in [-0.4, -0.2) is 35.7 Å². The molecule has 2 aromatic rings. The minimum absolute atomic E-state index is 0.183. The molecular formula is C16H17NO5. The summed E-state index contributed by atoms with van der Waals surface area (Å²) in [6.45, 7) is 3.64. The van der Waals surface area contributed by atoms with Crippen LogP contribution < -0.4 is 18.9 Å². The number of pyridine rings is 1. The number of hydrogen-bond acceptors (Lipinski definition) is 6. The summed E-state index contributed by atoms with van der Waals surface area (Å²) in [6.07, 6.45) is 0.199. The number of rotatable bonds is 2. The molecule has 6 nitrogen and oxygen atoms in total. The highest BCUT2D eigenvalue weighted by Gasteiger charge is 2.38. The van der Waals surface area contributed by atoms with Crippen molar-refractivity contribution in [2.24, 2.45) is 0 Å². The summed E-state index contributed by atoms with van der Waals surface area (Å²) in [6, 6.07) is 3.76. The number of benzene rings is 1. The zero-order chi connectivity index (χ0) is 15.5. The van der Waals surface area contributed by atoms with Gasteiger partial charge in [-0.25, -0.2) is 4.98 Å². The maximum Gasteiger partial charge on any atom is 0.231 e. The Morgan fingerprint density at radius 1 is 1.32 bits per heavy atom. The van der Waals surface area contributed by atoms with Crippen molar-refractivity contribution in [2.45, 2.75) is 32.0 Å². The van der Waals surface area contributed by atoms with Crippen LogP contribution in [-0.2, 0) is 6.42 Å². The average molecular weight is 303 g/mol. The highest BCUT2D eigenvalue weighted by molar-refractivity contribution is 5.94. The highest BCUT2D eigenvalue weighted by Crippen LogP contribution is 2.47. The minimum atomic E-state index is -0.959. The minimum Gasteiger partial charge on any atom is -0.496 e. The molecule has 2 aliphatic heterocycles. The standard InChI is InChI=1S/C16H17NO5/c1-16(2,18)11-6-9-13(19-3)8-4-5-10-14(21-7-20-10)12(8)17-15(9)22-11/h4-5,11,18H,6-7H2,1-3H3. The lowest BCUT2D eigenvalue weighted by atomic mass is 9.96. The molecule has 2 aliphatic rings. The third kappa shape index (κ3) is 1.80. The van der Waals surface area contributed by atoms with Crippen molar-refractivity contribution in [3.63, 3.8) is 0 Å². The number of fused-ring (bicyclic) bond motifs is 4. The maximum absolute atomic E-state index is 10.2. The van der Waals surface area contributed by atoms with Crippen LogP contribution in [0.1, 0.15) is 19.4 Å². The van der Waals surface area contributed by atoms with Crippen LogP contribution in [0.5, 0.6) is 23.1 Å². The van der Waals surface area contributed by atoms with Crippen LogP contribution in [0, 0.1) is 0 Å². The molecule has 0 radical (unpaired) electrons. The second-order valence-electron chi connectivity index (χ2n) is 6.09. The molecule has 1 N–H and O–H groups in total. The van der Waals surface area contributed by atoms with E-state index in [4.69, 9.17) is 18.9 Å². The summed E-state index contributed by atoms with van der Waals surface area (Å²) in [5, 5.41) is 11.1. The molecule has 1 unspecified atom stereocenters. The van der Waals surface area contributed by atoms with E-state index in [2.05, 4.69) is 4.98 Å². The Kier molecular flexibility index (Phi) is 2.69. The molecule has 0 bridgehead atoms. The van der Waals surface area contributed by atoms with Crippen molar-refractivity contribution in [1.82, 2.24) is 4.98 Å².